The zero-order valence-electron chi connectivity index (χ0n) is 16.8. The number of rotatable bonds is 10. The van der Waals surface area contributed by atoms with E-state index in [4.69, 9.17) is 20.0 Å². The molecule has 0 saturated heterocycles. The topological polar surface area (TPSA) is 103 Å². The number of nitriles is 2. The Kier molecular flexibility index (Phi) is 8.89. The summed E-state index contributed by atoms with van der Waals surface area (Å²) in [6, 6.07) is 18.4. The van der Waals surface area contributed by atoms with Crippen molar-refractivity contribution < 1.29 is 19.1 Å². The molecule has 2 aromatic carbocycles. The number of benzene rings is 2. The Morgan fingerprint density at radius 3 is 2.37 bits per heavy atom. The Hall–Kier alpha value is -3.84. The maximum Gasteiger partial charge on any atom is 0.342 e. The van der Waals surface area contributed by atoms with E-state index in [-0.39, 0.29) is 31.5 Å². The molecule has 2 aromatic rings. The van der Waals surface area contributed by atoms with Gasteiger partial charge >= 0.3 is 5.97 Å². The highest BCUT2D eigenvalue weighted by atomic mass is 16.5. The number of carbonyl (C=O) groups is 2. The SMILES string of the molecule is Cc1cccc(COc2ccccc2C(=O)OCC(=O)N(CCC#N)CCC#N)c1. The summed E-state index contributed by atoms with van der Waals surface area (Å²) in [5.41, 5.74) is 2.30. The van der Waals surface area contributed by atoms with Crippen molar-refractivity contribution in [2.75, 3.05) is 19.7 Å². The van der Waals surface area contributed by atoms with Crippen LogP contribution in [0.15, 0.2) is 48.5 Å². The summed E-state index contributed by atoms with van der Waals surface area (Å²) in [6.07, 6.45) is 0.279. The number of para-hydroxylation sites is 1. The Morgan fingerprint density at radius 2 is 1.70 bits per heavy atom. The Morgan fingerprint density at radius 1 is 1.00 bits per heavy atom. The number of hydrogen-bond donors (Lipinski definition) is 0. The van der Waals surface area contributed by atoms with Crippen LogP contribution in [0.2, 0.25) is 0 Å². The van der Waals surface area contributed by atoms with Gasteiger partial charge in [-0.25, -0.2) is 4.79 Å². The van der Waals surface area contributed by atoms with Crippen LogP contribution in [-0.4, -0.2) is 36.5 Å². The van der Waals surface area contributed by atoms with Crippen molar-refractivity contribution in [3.8, 4) is 17.9 Å². The lowest BCUT2D eigenvalue weighted by atomic mass is 10.1. The third-order valence-corrected chi connectivity index (χ3v) is 4.25. The van der Waals surface area contributed by atoms with Gasteiger partial charge < -0.3 is 14.4 Å². The molecule has 0 aliphatic carbocycles. The van der Waals surface area contributed by atoms with Crippen LogP contribution in [0, 0.1) is 29.6 Å². The molecule has 0 saturated carbocycles. The Bertz CT molecular complexity index is 941. The first-order valence-corrected chi connectivity index (χ1v) is 9.51. The maximum absolute atomic E-state index is 12.5. The minimum atomic E-state index is -0.677. The number of carbonyl (C=O) groups excluding carboxylic acids is 2. The van der Waals surface area contributed by atoms with E-state index in [1.165, 1.54) is 4.90 Å². The zero-order chi connectivity index (χ0) is 21.8. The molecule has 30 heavy (non-hydrogen) atoms. The van der Waals surface area contributed by atoms with Crippen LogP contribution in [0.4, 0.5) is 0 Å². The minimum Gasteiger partial charge on any atom is -0.488 e. The van der Waals surface area contributed by atoms with Crippen LogP contribution < -0.4 is 4.74 Å². The molecule has 7 heteroatoms. The number of ether oxygens (including phenoxy) is 2. The van der Waals surface area contributed by atoms with Crippen molar-refractivity contribution in [2.24, 2.45) is 0 Å². The van der Waals surface area contributed by atoms with Crippen molar-refractivity contribution >= 4 is 11.9 Å². The second-order valence-corrected chi connectivity index (χ2v) is 6.55. The van der Waals surface area contributed by atoms with Gasteiger partial charge in [-0.05, 0) is 24.6 Å². The summed E-state index contributed by atoms with van der Waals surface area (Å²) in [7, 11) is 0. The van der Waals surface area contributed by atoms with E-state index in [1.54, 1.807) is 24.3 Å². The van der Waals surface area contributed by atoms with Gasteiger partial charge in [-0.3, -0.25) is 4.79 Å². The highest BCUT2D eigenvalue weighted by Crippen LogP contribution is 2.20. The van der Waals surface area contributed by atoms with Crippen molar-refractivity contribution in [1.82, 2.24) is 4.90 Å². The van der Waals surface area contributed by atoms with Gasteiger partial charge in [-0.1, -0.05) is 42.0 Å². The maximum atomic E-state index is 12.5. The molecule has 0 radical (unpaired) electrons. The smallest absolute Gasteiger partial charge is 0.342 e. The van der Waals surface area contributed by atoms with Gasteiger partial charge in [0.2, 0.25) is 0 Å². The lowest BCUT2D eigenvalue weighted by Gasteiger charge is -2.20. The highest BCUT2D eigenvalue weighted by molar-refractivity contribution is 5.94. The standard InChI is InChI=1S/C23H23N3O4/c1-18-7-4-8-19(15-18)16-29-21-10-3-2-9-20(21)23(28)30-17-22(27)26(13-5-11-24)14-6-12-25/h2-4,7-10,15H,5-6,13-14,16-17H2,1H3. The van der Waals surface area contributed by atoms with Gasteiger partial charge in [0.05, 0.1) is 25.0 Å². The number of aryl methyl sites for hydroxylation is 1. The van der Waals surface area contributed by atoms with Crippen molar-refractivity contribution in [2.45, 2.75) is 26.4 Å². The van der Waals surface area contributed by atoms with Gasteiger partial charge in [0.15, 0.2) is 6.61 Å². The van der Waals surface area contributed by atoms with Crippen LogP contribution >= 0.6 is 0 Å². The molecule has 0 aromatic heterocycles. The van der Waals surface area contributed by atoms with Gasteiger partial charge in [-0.2, -0.15) is 10.5 Å². The zero-order valence-corrected chi connectivity index (χ0v) is 16.8. The molecule has 0 aliphatic rings. The molecule has 1 amide bonds. The van der Waals surface area contributed by atoms with Crippen molar-refractivity contribution in [1.29, 1.82) is 10.5 Å². The number of amides is 1. The predicted molar refractivity (Wildman–Crippen MR) is 109 cm³/mol. The molecular formula is C23H23N3O4. The highest BCUT2D eigenvalue weighted by Gasteiger charge is 2.18. The molecule has 0 N–H and O–H groups in total. The quantitative estimate of drug-likeness (QED) is 0.561. The van der Waals surface area contributed by atoms with Crippen LogP contribution in [0.5, 0.6) is 5.75 Å². The van der Waals surface area contributed by atoms with E-state index in [1.807, 2.05) is 43.3 Å². The van der Waals surface area contributed by atoms with Crippen LogP contribution in [0.3, 0.4) is 0 Å². The fraction of sp³-hybridized carbons (Fsp3) is 0.304. The van der Waals surface area contributed by atoms with E-state index in [9.17, 15) is 9.59 Å². The molecule has 0 fully saturated rings. The van der Waals surface area contributed by atoms with E-state index in [2.05, 4.69) is 0 Å². The summed E-state index contributed by atoms with van der Waals surface area (Å²) in [5, 5.41) is 17.4. The van der Waals surface area contributed by atoms with Crippen molar-refractivity contribution in [3.63, 3.8) is 0 Å². The molecule has 0 bridgehead atoms. The van der Waals surface area contributed by atoms with Gasteiger partial charge in [-0.15, -0.1) is 0 Å². The second-order valence-electron chi connectivity index (χ2n) is 6.55. The average molecular weight is 405 g/mol. The summed E-state index contributed by atoms with van der Waals surface area (Å²) >= 11 is 0. The Labute approximate surface area is 176 Å². The van der Waals surface area contributed by atoms with Crippen molar-refractivity contribution in [3.05, 3.63) is 65.2 Å². The fourth-order valence-electron chi connectivity index (χ4n) is 2.75. The lowest BCUT2D eigenvalue weighted by molar-refractivity contribution is -0.134. The first-order valence-electron chi connectivity index (χ1n) is 9.51. The second kappa shape index (κ2) is 11.9. The molecule has 0 unspecified atom stereocenters. The van der Waals surface area contributed by atoms with Crippen LogP contribution in [0.25, 0.3) is 0 Å². The number of nitrogens with zero attached hydrogens (tertiary/aromatic N) is 3. The third kappa shape index (κ3) is 6.96. The van der Waals surface area contributed by atoms with E-state index < -0.39 is 18.5 Å². The van der Waals surface area contributed by atoms with E-state index >= 15 is 0 Å². The summed E-state index contributed by atoms with van der Waals surface area (Å²) in [4.78, 5) is 26.2. The molecule has 2 rings (SSSR count). The predicted octanol–water partition coefficient (Wildman–Crippen LogP) is 3.39. The molecule has 154 valence electrons. The molecule has 0 aliphatic heterocycles. The van der Waals surface area contributed by atoms with E-state index in [0.29, 0.717) is 12.4 Å². The summed E-state index contributed by atoms with van der Waals surface area (Å²) < 4.78 is 11.0. The van der Waals surface area contributed by atoms with Gasteiger partial charge in [0, 0.05) is 13.1 Å². The molecular weight excluding hydrogens is 382 g/mol. The van der Waals surface area contributed by atoms with Crippen LogP contribution in [-0.2, 0) is 16.1 Å². The average Bonchev–Trinajstić information content (AvgIpc) is 2.76. The van der Waals surface area contributed by atoms with E-state index in [0.717, 1.165) is 11.1 Å². The third-order valence-electron chi connectivity index (χ3n) is 4.25. The van der Waals surface area contributed by atoms with Gasteiger partial charge in [0.25, 0.3) is 5.91 Å². The van der Waals surface area contributed by atoms with Crippen LogP contribution in [0.1, 0.15) is 34.3 Å². The Balaban J connectivity index is 1.98. The normalized spacial score (nSPS) is 9.83. The number of esters is 1. The molecule has 0 spiro atoms. The first-order chi connectivity index (χ1) is 14.5. The largest absolute Gasteiger partial charge is 0.488 e. The lowest BCUT2D eigenvalue weighted by Crippen LogP contribution is -2.36. The number of hydrogen-bond acceptors (Lipinski definition) is 6. The minimum absolute atomic E-state index is 0.140. The summed E-state index contributed by atoms with van der Waals surface area (Å²) in [5.74, 6) is -0.766. The fourth-order valence-corrected chi connectivity index (χ4v) is 2.75. The molecule has 7 nitrogen and oxygen atoms in total. The van der Waals surface area contributed by atoms with Gasteiger partial charge in [0.1, 0.15) is 17.9 Å². The molecule has 0 atom stereocenters. The monoisotopic (exact) mass is 405 g/mol. The molecule has 0 heterocycles. The first kappa shape index (κ1) is 22.4. The summed E-state index contributed by atoms with van der Waals surface area (Å²) in [6.45, 7) is 2.18.